The van der Waals surface area contributed by atoms with Crippen molar-refractivity contribution >= 4 is 6.08 Å². The van der Waals surface area contributed by atoms with Crippen molar-refractivity contribution in [1.82, 2.24) is 0 Å². The maximum atomic E-state index is 12.5. The molecule has 0 bridgehead atoms. The molecule has 1 aromatic carbocycles. The molecule has 3 nitrogen and oxygen atoms in total. The highest BCUT2D eigenvalue weighted by molar-refractivity contribution is 5.51. The molecule has 86 valence electrons. The maximum Gasteiger partial charge on any atom is 0.416 e. The van der Waals surface area contributed by atoms with E-state index in [2.05, 4.69) is 0 Å². The lowest BCUT2D eigenvalue weighted by Gasteiger charge is -2.10. The molecule has 0 amide bonds. The Morgan fingerprint density at radius 2 is 2.00 bits per heavy atom. The summed E-state index contributed by atoms with van der Waals surface area (Å²) in [5, 5.41) is 10.0. The third kappa shape index (κ3) is 3.08. The van der Waals surface area contributed by atoms with Crippen LogP contribution < -0.4 is 0 Å². The summed E-state index contributed by atoms with van der Waals surface area (Å²) in [5.41, 5.74) is -0.543. The Kier molecular flexibility index (Phi) is 3.31. The van der Waals surface area contributed by atoms with Crippen molar-refractivity contribution in [3.05, 3.63) is 51.2 Å². The van der Waals surface area contributed by atoms with Crippen LogP contribution in [0.1, 0.15) is 16.7 Å². The predicted molar refractivity (Wildman–Crippen MR) is 52.2 cm³/mol. The number of alkyl halides is 3. The molecular formula is C10H8F3NO2. The van der Waals surface area contributed by atoms with Crippen LogP contribution in [0.2, 0.25) is 0 Å². The minimum absolute atomic E-state index is 0.0887. The van der Waals surface area contributed by atoms with Gasteiger partial charge in [0.2, 0.25) is 6.20 Å². The van der Waals surface area contributed by atoms with E-state index < -0.39 is 16.7 Å². The summed E-state index contributed by atoms with van der Waals surface area (Å²) in [6.45, 7) is 1.34. The van der Waals surface area contributed by atoms with E-state index in [1.807, 2.05) is 0 Å². The second kappa shape index (κ2) is 4.34. The highest BCUT2D eigenvalue weighted by Gasteiger charge is 2.32. The topological polar surface area (TPSA) is 43.1 Å². The van der Waals surface area contributed by atoms with Gasteiger partial charge in [-0.2, -0.15) is 13.2 Å². The molecule has 0 saturated heterocycles. The first-order valence-corrected chi connectivity index (χ1v) is 4.30. The Morgan fingerprint density at radius 1 is 1.38 bits per heavy atom. The number of hydrogen-bond acceptors (Lipinski definition) is 2. The van der Waals surface area contributed by atoms with Gasteiger partial charge in [-0.05, 0) is 24.1 Å². The highest BCUT2D eigenvalue weighted by atomic mass is 19.4. The van der Waals surface area contributed by atoms with Gasteiger partial charge in [0.1, 0.15) is 0 Å². The van der Waals surface area contributed by atoms with Gasteiger partial charge in [-0.1, -0.05) is 12.1 Å². The van der Waals surface area contributed by atoms with Crippen LogP contribution in [0.15, 0.2) is 24.4 Å². The fraction of sp³-hybridized carbons (Fsp3) is 0.200. The van der Waals surface area contributed by atoms with Crippen LogP contribution in [0.5, 0.6) is 0 Å². The molecule has 0 aliphatic rings. The standard InChI is InChI=1S/C10H8F3NO2/c1-7-2-3-8(4-5-14(15)16)6-9(7)10(11,12)13/h2-6H,1H3/b5-4+. The molecule has 0 heterocycles. The van der Waals surface area contributed by atoms with E-state index in [0.29, 0.717) is 6.20 Å². The summed E-state index contributed by atoms with van der Waals surface area (Å²) in [6.07, 6.45) is -2.82. The van der Waals surface area contributed by atoms with Crippen LogP contribution in [-0.4, -0.2) is 4.92 Å². The highest BCUT2D eigenvalue weighted by Crippen LogP contribution is 2.32. The summed E-state index contributed by atoms with van der Waals surface area (Å²) in [7, 11) is 0. The average molecular weight is 231 g/mol. The van der Waals surface area contributed by atoms with Crippen LogP contribution in [0.4, 0.5) is 13.2 Å². The van der Waals surface area contributed by atoms with E-state index in [9.17, 15) is 23.3 Å². The lowest BCUT2D eigenvalue weighted by Crippen LogP contribution is -2.07. The summed E-state index contributed by atoms with van der Waals surface area (Å²) < 4.78 is 37.4. The van der Waals surface area contributed by atoms with Crippen molar-refractivity contribution in [3.63, 3.8) is 0 Å². The van der Waals surface area contributed by atoms with Gasteiger partial charge < -0.3 is 0 Å². The number of benzene rings is 1. The smallest absolute Gasteiger partial charge is 0.259 e. The molecule has 16 heavy (non-hydrogen) atoms. The fourth-order valence-electron chi connectivity index (χ4n) is 1.20. The number of nitro groups is 1. The van der Waals surface area contributed by atoms with Crippen LogP contribution in [0.3, 0.4) is 0 Å². The average Bonchev–Trinajstić information content (AvgIpc) is 2.14. The van der Waals surface area contributed by atoms with Gasteiger partial charge in [0.25, 0.3) is 0 Å². The molecule has 0 atom stereocenters. The van der Waals surface area contributed by atoms with Crippen molar-refractivity contribution in [1.29, 1.82) is 0 Å². The van der Waals surface area contributed by atoms with Gasteiger partial charge in [0.05, 0.1) is 10.5 Å². The van der Waals surface area contributed by atoms with Gasteiger partial charge in [-0.25, -0.2) is 0 Å². The van der Waals surface area contributed by atoms with E-state index in [1.54, 1.807) is 0 Å². The van der Waals surface area contributed by atoms with Crippen molar-refractivity contribution < 1.29 is 18.1 Å². The zero-order chi connectivity index (χ0) is 12.3. The molecule has 1 rings (SSSR count). The quantitative estimate of drug-likeness (QED) is 0.579. The van der Waals surface area contributed by atoms with Crippen LogP contribution in [-0.2, 0) is 6.18 Å². The third-order valence-electron chi connectivity index (χ3n) is 1.96. The summed E-state index contributed by atoms with van der Waals surface area (Å²) in [5.74, 6) is 0. The van der Waals surface area contributed by atoms with Crippen LogP contribution >= 0.6 is 0 Å². The van der Waals surface area contributed by atoms with Crippen LogP contribution in [0.25, 0.3) is 6.08 Å². The molecule has 6 heteroatoms. The van der Waals surface area contributed by atoms with Gasteiger partial charge in [0.15, 0.2) is 0 Å². The van der Waals surface area contributed by atoms with Crippen molar-refractivity contribution in [3.8, 4) is 0 Å². The molecule has 1 aromatic rings. The van der Waals surface area contributed by atoms with Gasteiger partial charge in [-0.3, -0.25) is 10.1 Å². The van der Waals surface area contributed by atoms with Crippen molar-refractivity contribution in [2.45, 2.75) is 13.1 Å². The van der Waals surface area contributed by atoms with E-state index >= 15 is 0 Å². The number of rotatable bonds is 2. The summed E-state index contributed by atoms with van der Waals surface area (Å²) in [6, 6.07) is 3.56. The molecule has 0 N–H and O–H groups in total. The van der Waals surface area contributed by atoms with Gasteiger partial charge in [0, 0.05) is 6.08 Å². The molecular weight excluding hydrogens is 223 g/mol. The molecule has 0 aliphatic carbocycles. The zero-order valence-electron chi connectivity index (χ0n) is 8.28. The Bertz CT molecular complexity index is 438. The molecule has 0 fully saturated rings. The molecule has 0 saturated carbocycles. The number of nitrogens with zero attached hydrogens (tertiary/aromatic N) is 1. The predicted octanol–water partition coefficient (Wildman–Crippen LogP) is 3.26. The monoisotopic (exact) mass is 231 g/mol. The first kappa shape index (κ1) is 12.2. The normalized spacial score (nSPS) is 12.0. The Hall–Kier alpha value is -1.85. The van der Waals surface area contributed by atoms with Gasteiger partial charge >= 0.3 is 6.18 Å². The molecule has 0 radical (unpaired) electrons. The van der Waals surface area contributed by atoms with Crippen LogP contribution in [0, 0.1) is 17.0 Å². The van der Waals surface area contributed by atoms with E-state index in [-0.39, 0.29) is 11.1 Å². The molecule has 0 aliphatic heterocycles. The Morgan fingerprint density at radius 3 is 2.50 bits per heavy atom. The fourth-order valence-corrected chi connectivity index (χ4v) is 1.20. The number of halogens is 3. The SMILES string of the molecule is Cc1ccc(/C=C/[N+](=O)[O-])cc1C(F)(F)F. The maximum absolute atomic E-state index is 12.5. The largest absolute Gasteiger partial charge is 0.416 e. The minimum Gasteiger partial charge on any atom is -0.259 e. The third-order valence-corrected chi connectivity index (χ3v) is 1.96. The van der Waals surface area contributed by atoms with Gasteiger partial charge in [-0.15, -0.1) is 0 Å². The second-order valence-electron chi connectivity index (χ2n) is 3.17. The summed E-state index contributed by atoms with van der Waals surface area (Å²) >= 11 is 0. The zero-order valence-corrected chi connectivity index (χ0v) is 8.28. The first-order valence-electron chi connectivity index (χ1n) is 4.30. The molecule has 0 spiro atoms. The van der Waals surface area contributed by atoms with Crippen molar-refractivity contribution in [2.24, 2.45) is 0 Å². The van der Waals surface area contributed by atoms with Crippen molar-refractivity contribution in [2.75, 3.05) is 0 Å². The van der Waals surface area contributed by atoms with E-state index in [4.69, 9.17) is 0 Å². The molecule has 0 aromatic heterocycles. The lowest BCUT2D eigenvalue weighted by molar-refractivity contribution is -0.400. The lowest BCUT2D eigenvalue weighted by atomic mass is 10.0. The number of aryl methyl sites for hydroxylation is 1. The minimum atomic E-state index is -4.44. The Labute approximate surface area is 89.4 Å². The Balaban J connectivity index is 3.13. The first-order chi connectivity index (χ1) is 7.30. The molecule has 0 unspecified atom stereocenters. The summed E-state index contributed by atoms with van der Waals surface area (Å²) in [4.78, 5) is 9.29. The van der Waals surface area contributed by atoms with E-state index in [0.717, 1.165) is 12.1 Å². The number of hydrogen-bond donors (Lipinski definition) is 0. The second-order valence-corrected chi connectivity index (χ2v) is 3.17. The van der Waals surface area contributed by atoms with E-state index in [1.165, 1.54) is 19.1 Å².